The van der Waals surface area contributed by atoms with Crippen LogP contribution in [0, 0.1) is 0 Å². The van der Waals surface area contributed by atoms with E-state index in [1.54, 1.807) is 31.2 Å². The number of nitrogens with two attached hydrogens (primary N) is 2. The molecule has 0 aliphatic rings. The van der Waals surface area contributed by atoms with E-state index in [0.717, 1.165) is 5.06 Å². The van der Waals surface area contributed by atoms with Crippen molar-refractivity contribution in [3.05, 3.63) is 35.4 Å². The van der Waals surface area contributed by atoms with E-state index < -0.39 is 11.9 Å². The molecular weight excluding hydrogens is 326 g/mol. The van der Waals surface area contributed by atoms with Crippen molar-refractivity contribution in [2.24, 2.45) is 21.7 Å². The van der Waals surface area contributed by atoms with Gasteiger partial charge in [-0.2, -0.15) is 5.06 Å². The van der Waals surface area contributed by atoms with Gasteiger partial charge in [-0.3, -0.25) is 4.79 Å². The zero-order chi connectivity index (χ0) is 18.8. The summed E-state index contributed by atoms with van der Waals surface area (Å²) < 4.78 is 0. The summed E-state index contributed by atoms with van der Waals surface area (Å²) in [6.45, 7) is 1.59. The van der Waals surface area contributed by atoms with E-state index in [2.05, 4.69) is 10.2 Å². The summed E-state index contributed by atoms with van der Waals surface area (Å²) in [7, 11) is 1.32. The lowest BCUT2D eigenvalue weighted by Gasteiger charge is -2.15. The zero-order valence-corrected chi connectivity index (χ0v) is 14.1. The van der Waals surface area contributed by atoms with Gasteiger partial charge in [0.2, 0.25) is 0 Å². The summed E-state index contributed by atoms with van der Waals surface area (Å²) >= 11 is 0. The molecule has 0 radical (unpaired) electrons. The van der Waals surface area contributed by atoms with Gasteiger partial charge in [0.1, 0.15) is 12.1 Å². The van der Waals surface area contributed by atoms with Crippen molar-refractivity contribution < 1.29 is 19.2 Å². The number of aldehydes is 1. The van der Waals surface area contributed by atoms with Gasteiger partial charge < -0.3 is 21.1 Å². The molecule has 1 aromatic rings. The Labute approximate surface area is 145 Å². The van der Waals surface area contributed by atoms with Crippen molar-refractivity contribution in [1.29, 1.82) is 0 Å². The lowest BCUT2D eigenvalue weighted by molar-refractivity contribution is -0.192. The van der Waals surface area contributed by atoms with Crippen LogP contribution < -0.4 is 11.5 Å². The number of hydrogen-bond donors (Lipinski definition) is 2. The minimum absolute atomic E-state index is 0.00859. The highest BCUT2D eigenvalue weighted by Gasteiger charge is 2.14. The Morgan fingerprint density at radius 3 is 2.40 bits per heavy atom. The topological polar surface area (TPSA) is 140 Å². The van der Waals surface area contributed by atoms with Gasteiger partial charge in [0, 0.05) is 25.5 Å². The van der Waals surface area contributed by atoms with Gasteiger partial charge in [0.05, 0.1) is 6.42 Å². The number of nitrogens with zero attached hydrogens (tertiary/aromatic N) is 3. The molecule has 4 N–H and O–H groups in total. The van der Waals surface area contributed by atoms with Crippen LogP contribution in [0.15, 0.2) is 34.5 Å². The summed E-state index contributed by atoms with van der Waals surface area (Å²) in [6, 6.07) is 6.74. The van der Waals surface area contributed by atoms with E-state index >= 15 is 0 Å². The molecule has 0 unspecified atom stereocenters. The van der Waals surface area contributed by atoms with E-state index in [9.17, 15) is 14.4 Å². The fourth-order valence-corrected chi connectivity index (χ4v) is 1.73. The Morgan fingerprint density at radius 1 is 1.20 bits per heavy atom. The molecule has 1 aromatic carbocycles. The normalized spacial score (nSPS) is 11.8. The largest absolute Gasteiger partial charge is 0.386 e. The van der Waals surface area contributed by atoms with Crippen LogP contribution in [-0.4, -0.2) is 41.9 Å². The predicted molar refractivity (Wildman–Crippen MR) is 92.3 cm³/mol. The first kappa shape index (κ1) is 19.8. The van der Waals surface area contributed by atoms with Crippen LogP contribution in [0.2, 0.25) is 0 Å². The van der Waals surface area contributed by atoms with Crippen molar-refractivity contribution in [2.75, 3.05) is 7.05 Å². The van der Waals surface area contributed by atoms with E-state index in [-0.39, 0.29) is 30.9 Å². The van der Waals surface area contributed by atoms with Crippen LogP contribution in [-0.2, 0) is 25.6 Å². The number of hydrogen-bond acceptors (Lipinski definition) is 6. The average Bonchev–Trinajstić information content (AvgIpc) is 2.57. The SMILES string of the molecule is C/C(N)=N/N=C(\N)c1ccc(CC(=O)ON(C)C(=O)CCC=O)cc1. The molecule has 25 heavy (non-hydrogen) atoms. The number of benzene rings is 1. The molecule has 134 valence electrons. The van der Waals surface area contributed by atoms with Gasteiger partial charge in [-0.05, 0) is 12.5 Å². The number of rotatable bonds is 7. The molecule has 0 spiro atoms. The highest BCUT2D eigenvalue weighted by molar-refractivity contribution is 5.97. The number of hydroxylamine groups is 2. The zero-order valence-electron chi connectivity index (χ0n) is 14.1. The molecule has 9 heteroatoms. The predicted octanol–water partition coefficient (Wildman–Crippen LogP) is 0.122. The Morgan fingerprint density at radius 2 is 1.84 bits per heavy atom. The summed E-state index contributed by atoms with van der Waals surface area (Å²) in [6.07, 6.45) is 0.678. The van der Waals surface area contributed by atoms with Crippen LogP contribution >= 0.6 is 0 Å². The summed E-state index contributed by atoms with van der Waals surface area (Å²) in [4.78, 5) is 38.5. The van der Waals surface area contributed by atoms with Crippen molar-refractivity contribution >= 4 is 29.8 Å². The monoisotopic (exact) mass is 347 g/mol. The van der Waals surface area contributed by atoms with Crippen LogP contribution in [0.4, 0.5) is 0 Å². The first-order valence-electron chi connectivity index (χ1n) is 7.47. The van der Waals surface area contributed by atoms with Gasteiger partial charge in [-0.1, -0.05) is 24.3 Å². The van der Waals surface area contributed by atoms with E-state index in [4.69, 9.17) is 16.3 Å². The standard InChI is InChI=1S/C16H21N5O4/c1-11(17)19-20-16(18)13-7-5-12(6-8-13)10-15(24)25-21(2)14(23)4-3-9-22/h5-9H,3-4,10H2,1-2H3,(H2,17,19)(H2,18,20). The second-order valence-corrected chi connectivity index (χ2v) is 5.16. The Hall–Kier alpha value is -3.23. The molecule has 0 saturated heterocycles. The molecule has 0 heterocycles. The molecule has 0 aliphatic heterocycles. The van der Waals surface area contributed by atoms with E-state index in [0.29, 0.717) is 17.4 Å². The molecule has 0 aliphatic carbocycles. The average molecular weight is 347 g/mol. The van der Waals surface area contributed by atoms with Crippen LogP contribution in [0.3, 0.4) is 0 Å². The minimum atomic E-state index is -0.598. The highest BCUT2D eigenvalue weighted by Crippen LogP contribution is 2.07. The second-order valence-electron chi connectivity index (χ2n) is 5.16. The van der Waals surface area contributed by atoms with Crippen molar-refractivity contribution in [1.82, 2.24) is 5.06 Å². The molecule has 1 rings (SSSR count). The molecule has 9 nitrogen and oxygen atoms in total. The fraction of sp³-hybridized carbons (Fsp3) is 0.312. The van der Waals surface area contributed by atoms with Crippen molar-refractivity contribution in [3.63, 3.8) is 0 Å². The molecular formula is C16H21N5O4. The third-order valence-electron chi connectivity index (χ3n) is 2.98. The van der Waals surface area contributed by atoms with Gasteiger partial charge in [0.25, 0.3) is 5.91 Å². The first-order chi connectivity index (χ1) is 11.8. The Balaban J connectivity index is 2.61. The number of carbonyl (C=O) groups is 3. The highest BCUT2D eigenvalue weighted by atomic mass is 16.7. The summed E-state index contributed by atoms with van der Waals surface area (Å²) in [5, 5.41) is 8.26. The maximum Gasteiger partial charge on any atom is 0.336 e. The van der Waals surface area contributed by atoms with Gasteiger partial charge >= 0.3 is 5.97 Å². The number of carbonyl (C=O) groups excluding carboxylic acids is 3. The lowest BCUT2D eigenvalue weighted by atomic mass is 10.1. The van der Waals surface area contributed by atoms with Gasteiger partial charge in [-0.25, -0.2) is 4.79 Å². The van der Waals surface area contributed by atoms with Crippen LogP contribution in [0.5, 0.6) is 0 Å². The molecule has 0 fully saturated rings. The van der Waals surface area contributed by atoms with Gasteiger partial charge in [-0.15, -0.1) is 10.2 Å². The molecule has 0 saturated carbocycles. The quantitative estimate of drug-likeness (QED) is 0.311. The van der Waals surface area contributed by atoms with E-state index in [1.165, 1.54) is 7.05 Å². The Kier molecular flexibility index (Phi) is 7.77. The van der Waals surface area contributed by atoms with Crippen molar-refractivity contribution in [2.45, 2.75) is 26.2 Å². The van der Waals surface area contributed by atoms with Crippen LogP contribution in [0.1, 0.15) is 30.9 Å². The Bertz CT molecular complexity index is 678. The molecule has 0 atom stereocenters. The maximum absolute atomic E-state index is 11.8. The summed E-state index contributed by atoms with van der Waals surface area (Å²) in [5.41, 5.74) is 12.4. The van der Waals surface area contributed by atoms with Crippen LogP contribution in [0.25, 0.3) is 0 Å². The third kappa shape index (κ3) is 7.25. The number of amidine groups is 2. The molecule has 1 amide bonds. The van der Waals surface area contributed by atoms with Crippen molar-refractivity contribution in [3.8, 4) is 0 Å². The smallest absolute Gasteiger partial charge is 0.336 e. The van der Waals surface area contributed by atoms with E-state index in [1.807, 2.05) is 0 Å². The molecule has 0 aromatic heterocycles. The minimum Gasteiger partial charge on any atom is -0.386 e. The fourth-order valence-electron chi connectivity index (χ4n) is 1.73. The second kappa shape index (κ2) is 9.81. The van der Waals surface area contributed by atoms with Gasteiger partial charge in [0.15, 0.2) is 5.84 Å². The molecule has 0 bridgehead atoms. The lowest BCUT2D eigenvalue weighted by Crippen LogP contribution is -2.30. The first-order valence-corrected chi connectivity index (χ1v) is 7.47. The maximum atomic E-state index is 11.8. The third-order valence-corrected chi connectivity index (χ3v) is 2.98. The number of amides is 1. The summed E-state index contributed by atoms with van der Waals surface area (Å²) in [5.74, 6) is -0.566.